The number of aliphatic hydroxyl groups excluding tert-OH is 3. The Morgan fingerprint density at radius 3 is 2.26 bits per heavy atom. The molecule has 0 aliphatic carbocycles. The number of aromatic nitrogens is 4. The second kappa shape index (κ2) is 14.7. The lowest BCUT2D eigenvalue weighted by Gasteiger charge is -2.21. The van der Waals surface area contributed by atoms with Crippen LogP contribution in [0.5, 0.6) is 0 Å². The van der Waals surface area contributed by atoms with E-state index >= 15 is 0 Å². The summed E-state index contributed by atoms with van der Waals surface area (Å²) in [5.74, 6) is -0.0419. The van der Waals surface area contributed by atoms with Gasteiger partial charge in [-0.25, -0.2) is 4.98 Å². The van der Waals surface area contributed by atoms with Crippen molar-refractivity contribution >= 4 is 28.8 Å². The van der Waals surface area contributed by atoms with E-state index in [1.54, 1.807) is 0 Å². The predicted molar refractivity (Wildman–Crippen MR) is 178 cm³/mol. The predicted octanol–water partition coefficient (Wildman–Crippen LogP) is 2.84. The molecule has 1 aliphatic rings. The molecule has 6 rings (SSSR count). The molecule has 2 aromatic heterocycles. The average Bonchev–Trinajstić information content (AvgIpc) is 3.68. The van der Waals surface area contributed by atoms with Crippen molar-refractivity contribution in [3.63, 3.8) is 0 Å². The van der Waals surface area contributed by atoms with Crippen LogP contribution in [0, 0.1) is 0 Å². The van der Waals surface area contributed by atoms with Gasteiger partial charge in [0.05, 0.1) is 19.0 Å². The molecule has 5 aromatic rings. The molecule has 1 saturated heterocycles. The minimum atomic E-state index is -1.52. The van der Waals surface area contributed by atoms with Gasteiger partial charge in [-0.3, -0.25) is 9.36 Å². The summed E-state index contributed by atoms with van der Waals surface area (Å²) in [6, 6.07) is 29.6. The molecule has 6 N–H and O–H groups in total. The fourth-order valence-electron chi connectivity index (χ4n) is 5.86. The number of amides is 1. The zero-order valence-electron chi connectivity index (χ0n) is 26.7. The van der Waals surface area contributed by atoms with E-state index in [0.717, 1.165) is 16.7 Å². The molecule has 47 heavy (non-hydrogen) atoms. The van der Waals surface area contributed by atoms with Crippen LogP contribution in [0.25, 0.3) is 11.2 Å². The Kier molecular flexibility index (Phi) is 9.61. The zero-order chi connectivity index (χ0) is 33.5. The van der Waals surface area contributed by atoms with E-state index in [9.17, 15) is 20.1 Å². The van der Waals surface area contributed by atoms with Gasteiger partial charge in [0.25, 0.3) is 5.91 Å². The number of imidazole rings is 1. The van der Waals surface area contributed by atoms with Crippen LogP contribution in [0.2, 0.25) is 0 Å². The van der Waals surface area contributed by atoms with Gasteiger partial charge in [-0.2, -0.15) is 9.97 Å². The van der Waals surface area contributed by atoms with Gasteiger partial charge in [-0.1, -0.05) is 91.0 Å². The van der Waals surface area contributed by atoms with Gasteiger partial charge >= 0.3 is 0 Å². The largest absolute Gasteiger partial charge is 0.394 e. The number of carbonyl (C=O) groups is 1. The summed E-state index contributed by atoms with van der Waals surface area (Å²) < 4.78 is 14.7. The second-order valence-electron chi connectivity index (χ2n) is 11.4. The molecular weight excluding hydrogens is 598 g/mol. The first kappa shape index (κ1) is 30.8. The van der Waals surface area contributed by atoms with Gasteiger partial charge in [0.2, 0.25) is 5.95 Å². The standard InChI is InChI=1S/C35H39N7O5/c1-2-36-33(46)30-28(44)29(45)34(47-30)42-21-38-27-31(37-19-26(23-14-8-4-9-15-23)24-16-10-5-11-17-24)40-35(41-32(27)42)39-25(20-43)18-22-12-6-3-7-13-22/h3-17,21,25-26,28-30,34,43-45H,2,18-20H2,1H3,(H,36,46)(H2,37,39,40,41)/t25?,28-,29+,30-,34-/m0/s1/i1D. The number of nitrogens with zero attached hydrogens (tertiary/aromatic N) is 4. The SMILES string of the molecule is [2H]CCNC(=O)[C@H]1O[C@H](n2cnc3c(NCC(c4ccccc4)c4ccccc4)nc(NC(CO)Cc4ccccc4)nc32)[C@H](O)[C@@H]1O. The van der Waals surface area contributed by atoms with Crippen LogP contribution < -0.4 is 16.0 Å². The number of aliphatic hydroxyl groups is 3. The molecule has 0 bridgehead atoms. The fraction of sp³-hybridized carbons (Fsp3) is 0.314. The number of rotatable bonds is 13. The van der Waals surface area contributed by atoms with E-state index in [2.05, 4.69) is 45.2 Å². The molecule has 1 amide bonds. The topological polar surface area (TPSA) is 167 Å². The maximum atomic E-state index is 12.6. The van der Waals surface area contributed by atoms with E-state index in [4.69, 9.17) is 16.1 Å². The highest BCUT2D eigenvalue weighted by atomic mass is 16.6. The number of hydrogen-bond donors (Lipinski definition) is 6. The van der Waals surface area contributed by atoms with Gasteiger partial charge in [-0.05, 0) is 30.0 Å². The lowest BCUT2D eigenvalue weighted by Crippen LogP contribution is -2.42. The summed E-state index contributed by atoms with van der Waals surface area (Å²) in [6.07, 6.45) is -3.59. The van der Waals surface area contributed by atoms with E-state index in [0.29, 0.717) is 24.3 Å². The number of benzene rings is 3. The van der Waals surface area contributed by atoms with E-state index in [-0.39, 0.29) is 37.6 Å². The molecule has 3 aromatic carbocycles. The molecule has 12 nitrogen and oxygen atoms in total. The van der Waals surface area contributed by atoms with Gasteiger partial charge in [-0.15, -0.1) is 0 Å². The molecule has 5 atom stereocenters. The van der Waals surface area contributed by atoms with Crippen molar-refractivity contribution in [2.24, 2.45) is 0 Å². The molecule has 1 aliphatic heterocycles. The Morgan fingerprint density at radius 1 is 0.957 bits per heavy atom. The van der Waals surface area contributed by atoms with Crippen LogP contribution >= 0.6 is 0 Å². The molecule has 0 radical (unpaired) electrons. The Morgan fingerprint density at radius 2 is 1.62 bits per heavy atom. The number of nitrogens with one attached hydrogen (secondary N) is 3. The Bertz CT molecular complexity index is 1740. The highest BCUT2D eigenvalue weighted by Gasteiger charge is 2.47. The molecule has 0 spiro atoms. The number of fused-ring (bicyclic) bond motifs is 1. The third-order valence-electron chi connectivity index (χ3n) is 8.25. The highest BCUT2D eigenvalue weighted by Crippen LogP contribution is 2.34. The molecule has 0 saturated carbocycles. The van der Waals surface area contributed by atoms with Crippen LogP contribution in [0.3, 0.4) is 0 Å². The van der Waals surface area contributed by atoms with E-state index in [1.165, 1.54) is 10.9 Å². The summed E-state index contributed by atoms with van der Waals surface area (Å²) >= 11 is 0. The second-order valence-corrected chi connectivity index (χ2v) is 11.4. The van der Waals surface area contributed by atoms with Crippen molar-refractivity contribution in [2.75, 3.05) is 30.3 Å². The molecule has 12 heteroatoms. The molecule has 1 unspecified atom stereocenters. The van der Waals surface area contributed by atoms with E-state index < -0.39 is 36.5 Å². The van der Waals surface area contributed by atoms with Crippen molar-refractivity contribution in [1.29, 1.82) is 0 Å². The Labute approximate surface area is 273 Å². The third kappa shape index (κ3) is 7.10. The number of hydrogen-bond acceptors (Lipinski definition) is 10. The lowest BCUT2D eigenvalue weighted by atomic mass is 9.91. The third-order valence-corrected chi connectivity index (χ3v) is 8.25. The van der Waals surface area contributed by atoms with Gasteiger partial charge < -0.3 is 36.0 Å². The smallest absolute Gasteiger partial charge is 0.252 e. The van der Waals surface area contributed by atoms with Crippen molar-refractivity contribution in [1.82, 2.24) is 24.8 Å². The molecule has 3 heterocycles. The first-order chi connectivity index (χ1) is 23.5. The van der Waals surface area contributed by atoms with Gasteiger partial charge in [0.1, 0.15) is 12.2 Å². The van der Waals surface area contributed by atoms with Crippen molar-refractivity contribution in [3.8, 4) is 0 Å². The number of likely N-dealkylation sites (N-methyl/N-ethyl adjacent to an activating group) is 1. The van der Waals surface area contributed by atoms with Crippen LogP contribution in [0.1, 0.15) is 37.1 Å². The molecule has 244 valence electrons. The van der Waals surface area contributed by atoms with Crippen molar-refractivity contribution in [3.05, 3.63) is 114 Å². The summed E-state index contributed by atoms with van der Waals surface area (Å²) in [4.78, 5) is 26.7. The summed E-state index contributed by atoms with van der Waals surface area (Å²) in [5, 5.41) is 41.3. The highest BCUT2D eigenvalue weighted by molar-refractivity contribution is 5.85. The normalized spacial score (nSPS) is 20.2. The van der Waals surface area contributed by atoms with Crippen LogP contribution in [-0.4, -0.2) is 84.8 Å². The van der Waals surface area contributed by atoms with Crippen LogP contribution in [0.4, 0.5) is 11.8 Å². The summed E-state index contributed by atoms with van der Waals surface area (Å²) in [5.41, 5.74) is 3.91. The van der Waals surface area contributed by atoms with Crippen LogP contribution in [-0.2, 0) is 16.0 Å². The molecule has 1 fully saturated rings. The first-order valence-corrected chi connectivity index (χ1v) is 15.5. The molecular formula is C35H39N7O5. The first-order valence-electron chi connectivity index (χ1n) is 16.3. The fourth-order valence-corrected chi connectivity index (χ4v) is 5.86. The maximum absolute atomic E-state index is 12.6. The maximum Gasteiger partial charge on any atom is 0.252 e. The van der Waals surface area contributed by atoms with Crippen LogP contribution in [0.15, 0.2) is 97.3 Å². The quantitative estimate of drug-likeness (QED) is 0.113. The Hall–Kier alpha value is -4.88. The monoisotopic (exact) mass is 638 g/mol. The minimum absolute atomic E-state index is 0.0303. The van der Waals surface area contributed by atoms with Crippen molar-refractivity contribution < 1.29 is 26.2 Å². The van der Waals surface area contributed by atoms with Gasteiger partial charge in [0, 0.05) is 20.4 Å². The summed E-state index contributed by atoms with van der Waals surface area (Å²) in [6.45, 7) is 0.316. The van der Waals surface area contributed by atoms with Crippen molar-refractivity contribution in [2.45, 2.75) is 49.8 Å². The minimum Gasteiger partial charge on any atom is -0.394 e. The lowest BCUT2D eigenvalue weighted by molar-refractivity contribution is -0.137. The summed E-state index contributed by atoms with van der Waals surface area (Å²) in [7, 11) is 0. The van der Waals surface area contributed by atoms with Gasteiger partial charge in [0.15, 0.2) is 29.3 Å². The number of ether oxygens (including phenoxy) is 1. The zero-order valence-corrected chi connectivity index (χ0v) is 25.7. The Balaban J connectivity index is 1.35. The van der Waals surface area contributed by atoms with E-state index in [1.807, 2.05) is 66.7 Å². The average molecular weight is 639 g/mol. The number of carbonyl (C=O) groups excluding carboxylic acids is 1. The number of anilines is 2.